The predicted molar refractivity (Wildman–Crippen MR) is 137 cm³/mol. The van der Waals surface area contributed by atoms with Crippen molar-refractivity contribution in [1.82, 2.24) is 20.5 Å². The van der Waals surface area contributed by atoms with E-state index in [1.54, 1.807) is 0 Å². The Morgan fingerprint density at radius 1 is 1.00 bits per heavy atom. The molecular weight excluding hydrogens is 436 g/mol. The summed E-state index contributed by atoms with van der Waals surface area (Å²) in [5.41, 5.74) is 2.37. The molecule has 7 rings (SSSR count). The third kappa shape index (κ3) is 4.56. The predicted octanol–water partition coefficient (Wildman–Crippen LogP) is 4.51. The van der Waals surface area contributed by atoms with Crippen LogP contribution in [0.25, 0.3) is 0 Å². The first-order chi connectivity index (χ1) is 16.7. The first-order valence-corrected chi connectivity index (χ1v) is 14.3. The summed E-state index contributed by atoms with van der Waals surface area (Å²) in [4.78, 5) is 31.6. The number of aromatic amines is 1. The lowest BCUT2D eigenvalue weighted by atomic mass is 9.48. The van der Waals surface area contributed by atoms with Gasteiger partial charge in [0.2, 0.25) is 5.91 Å². The molecule has 6 nitrogen and oxygen atoms in total. The molecule has 1 unspecified atom stereocenters. The number of carbonyl (C=O) groups excluding carboxylic acids is 2. The van der Waals surface area contributed by atoms with E-state index in [0.29, 0.717) is 24.2 Å². The van der Waals surface area contributed by atoms with Gasteiger partial charge in [-0.05, 0) is 126 Å². The highest BCUT2D eigenvalue weighted by atomic mass is 16.2. The van der Waals surface area contributed by atoms with Gasteiger partial charge in [-0.2, -0.15) is 0 Å². The van der Waals surface area contributed by atoms with Gasteiger partial charge >= 0.3 is 0 Å². The molecule has 2 amide bonds. The van der Waals surface area contributed by atoms with Crippen molar-refractivity contribution in [1.29, 1.82) is 0 Å². The largest absolute Gasteiger partial charge is 0.357 e. The average molecular weight is 481 g/mol. The Hall–Kier alpha value is -1.82. The fraction of sp³-hybridized carbons (Fsp3) is 0.793. The number of likely N-dealkylation sites (tertiary alicyclic amines) is 1. The van der Waals surface area contributed by atoms with Crippen molar-refractivity contribution >= 4 is 11.8 Å². The van der Waals surface area contributed by atoms with Gasteiger partial charge in [0.05, 0.1) is 0 Å². The molecule has 5 aliphatic carbocycles. The topological polar surface area (TPSA) is 77.2 Å². The van der Waals surface area contributed by atoms with E-state index >= 15 is 0 Å². The molecule has 1 aromatic heterocycles. The van der Waals surface area contributed by atoms with Gasteiger partial charge in [-0.1, -0.05) is 0 Å². The summed E-state index contributed by atoms with van der Waals surface area (Å²) in [6.45, 7) is 7.40. The van der Waals surface area contributed by atoms with Crippen LogP contribution in [0.2, 0.25) is 0 Å². The van der Waals surface area contributed by atoms with Crippen molar-refractivity contribution in [2.45, 2.75) is 120 Å². The molecule has 5 saturated carbocycles. The fourth-order valence-corrected chi connectivity index (χ4v) is 8.87. The van der Waals surface area contributed by atoms with Crippen LogP contribution in [0.4, 0.5) is 0 Å². The van der Waals surface area contributed by atoms with Crippen LogP contribution >= 0.6 is 0 Å². The second-order valence-corrected chi connectivity index (χ2v) is 13.7. The van der Waals surface area contributed by atoms with Crippen LogP contribution in [0.1, 0.15) is 107 Å². The minimum Gasteiger partial charge on any atom is -0.357 e. The average Bonchev–Trinajstić information content (AvgIpc) is 3.41. The number of H-pyrrole nitrogens is 1. The summed E-state index contributed by atoms with van der Waals surface area (Å²) >= 11 is 0. The molecule has 1 saturated heterocycles. The molecular formula is C29H44N4O2. The number of aromatic nitrogens is 1. The normalized spacial score (nSPS) is 38.8. The zero-order chi connectivity index (χ0) is 24.4. The second-order valence-electron chi connectivity index (χ2n) is 13.7. The standard InChI is InChI=1S/C29H44N4O2/c1-28(2,3)32-22-4-6-23(7-5-22)33-9-8-24(27(33)35)31-26(34)25-13-21(17-30-25)29-14-18-10-19(15-29)12-20(11-18)16-29/h13,17-20,22-24,30,32H,4-12,14-16H2,1-3H3,(H,31,34). The molecule has 1 aromatic rings. The van der Waals surface area contributed by atoms with Crippen LogP contribution in [-0.2, 0) is 10.2 Å². The quantitative estimate of drug-likeness (QED) is 0.580. The Bertz CT molecular complexity index is 932. The van der Waals surface area contributed by atoms with Crippen molar-refractivity contribution in [2.24, 2.45) is 17.8 Å². The maximum atomic E-state index is 13.2. The number of carbonyl (C=O) groups is 2. The van der Waals surface area contributed by atoms with E-state index in [2.05, 4.69) is 48.7 Å². The molecule has 6 aliphatic rings. The first-order valence-electron chi connectivity index (χ1n) is 14.3. The van der Waals surface area contributed by atoms with Crippen molar-refractivity contribution in [3.8, 4) is 0 Å². The number of hydrogen-bond donors (Lipinski definition) is 3. The van der Waals surface area contributed by atoms with E-state index in [1.165, 1.54) is 44.1 Å². The highest BCUT2D eigenvalue weighted by molar-refractivity contribution is 5.97. The summed E-state index contributed by atoms with van der Waals surface area (Å²) in [5, 5.41) is 6.78. The van der Waals surface area contributed by atoms with Crippen LogP contribution in [-0.4, -0.2) is 51.9 Å². The molecule has 0 spiro atoms. The Labute approximate surface area is 210 Å². The maximum Gasteiger partial charge on any atom is 0.268 e. The minimum atomic E-state index is -0.390. The van der Waals surface area contributed by atoms with Crippen molar-refractivity contribution < 1.29 is 9.59 Å². The van der Waals surface area contributed by atoms with Crippen molar-refractivity contribution in [2.75, 3.05) is 6.54 Å². The van der Waals surface area contributed by atoms with Crippen LogP contribution in [0.5, 0.6) is 0 Å². The Morgan fingerprint density at radius 3 is 2.23 bits per heavy atom. The molecule has 192 valence electrons. The van der Waals surface area contributed by atoms with Gasteiger partial charge in [-0.25, -0.2) is 0 Å². The summed E-state index contributed by atoms with van der Waals surface area (Å²) < 4.78 is 0. The van der Waals surface area contributed by atoms with Gasteiger partial charge < -0.3 is 20.5 Å². The van der Waals surface area contributed by atoms with E-state index in [-0.39, 0.29) is 28.8 Å². The number of nitrogens with zero attached hydrogens (tertiary/aromatic N) is 1. The zero-order valence-corrected chi connectivity index (χ0v) is 21.9. The Balaban J connectivity index is 1.05. The van der Waals surface area contributed by atoms with E-state index in [9.17, 15) is 9.59 Å². The SMILES string of the molecule is CC(C)(C)NC1CCC(N2CCC(NC(=O)c3cc(C45CC6CC(CC(C6)C4)C5)c[nH]3)C2=O)CC1. The van der Waals surface area contributed by atoms with E-state index < -0.39 is 0 Å². The van der Waals surface area contributed by atoms with Crippen LogP contribution in [0.3, 0.4) is 0 Å². The summed E-state index contributed by atoms with van der Waals surface area (Å²) in [6, 6.07) is 2.56. The lowest BCUT2D eigenvalue weighted by molar-refractivity contribution is -0.131. The Kier molecular flexibility index (Phi) is 5.82. The molecule has 6 fully saturated rings. The lowest BCUT2D eigenvalue weighted by Gasteiger charge is -2.56. The van der Waals surface area contributed by atoms with Gasteiger partial charge in [0, 0.05) is 30.4 Å². The van der Waals surface area contributed by atoms with Crippen LogP contribution < -0.4 is 10.6 Å². The van der Waals surface area contributed by atoms with Gasteiger partial charge in [0.25, 0.3) is 5.91 Å². The highest BCUT2D eigenvalue weighted by Crippen LogP contribution is 2.60. The highest BCUT2D eigenvalue weighted by Gasteiger charge is 2.52. The molecule has 0 radical (unpaired) electrons. The molecule has 0 aromatic carbocycles. The van der Waals surface area contributed by atoms with Gasteiger partial charge in [0.1, 0.15) is 11.7 Å². The summed E-state index contributed by atoms with van der Waals surface area (Å²) in [7, 11) is 0. The molecule has 6 heteroatoms. The van der Waals surface area contributed by atoms with E-state index in [0.717, 1.165) is 50.0 Å². The molecule has 1 aliphatic heterocycles. The number of nitrogens with one attached hydrogen (secondary N) is 3. The molecule has 3 N–H and O–H groups in total. The van der Waals surface area contributed by atoms with Crippen molar-refractivity contribution in [3.05, 3.63) is 23.5 Å². The zero-order valence-electron chi connectivity index (χ0n) is 21.9. The van der Waals surface area contributed by atoms with Gasteiger partial charge in [0.15, 0.2) is 0 Å². The maximum absolute atomic E-state index is 13.2. The second kappa shape index (κ2) is 8.64. The third-order valence-corrected chi connectivity index (χ3v) is 9.90. The van der Waals surface area contributed by atoms with Crippen molar-refractivity contribution in [3.63, 3.8) is 0 Å². The number of rotatable bonds is 5. The molecule has 35 heavy (non-hydrogen) atoms. The molecule has 2 heterocycles. The smallest absolute Gasteiger partial charge is 0.268 e. The minimum absolute atomic E-state index is 0.110. The first kappa shape index (κ1) is 23.6. The number of hydrogen-bond acceptors (Lipinski definition) is 3. The number of amides is 2. The monoisotopic (exact) mass is 480 g/mol. The third-order valence-electron chi connectivity index (χ3n) is 9.90. The Morgan fingerprint density at radius 2 is 1.63 bits per heavy atom. The lowest BCUT2D eigenvalue weighted by Crippen LogP contribution is -2.49. The molecule has 1 atom stereocenters. The molecule has 4 bridgehead atoms. The van der Waals surface area contributed by atoms with Crippen LogP contribution in [0.15, 0.2) is 12.3 Å². The van der Waals surface area contributed by atoms with E-state index in [4.69, 9.17) is 0 Å². The summed E-state index contributed by atoms with van der Waals surface area (Å²) in [6.07, 6.45) is 15.3. The van der Waals surface area contributed by atoms with Crippen LogP contribution in [0, 0.1) is 17.8 Å². The summed E-state index contributed by atoms with van der Waals surface area (Å²) in [5.74, 6) is 2.64. The fourth-order valence-electron chi connectivity index (χ4n) is 8.87. The van der Waals surface area contributed by atoms with E-state index in [1.807, 2.05) is 4.90 Å². The van der Waals surface area contributed by atoms with Gasteiger partial charge in [-0.3, -0.25) is 9.59 Å². The van der Waals surface area contributed by atoms with Gasteiger partial charge in [-0.15, -0.1) is 0 Å².